The first kappa shape index (κ1) is 13.1. The minimum Gasteiger partial charge on any atom is -0.393 e. The van der Waals surface area contributed by atoms with E-state index in [1.165, 1.54) is 12.8 Å². The molecule has 2 saturated carbocycles. The van der Waals surface area contributed by atoms with Gasteiger partial charge in [0.2, 0.25) is 0 Å². The van der Waals surface area contributed by atoms with Gasteiger partial charge in [0.05, 0.1) is 12.7 Å². The number of hydrogen-bond donors (Lipinski definition) is 2. The Morgan fingerprint density at radius 1 is 1.41 bits per heavy atom. The van der Waals surface area contributed by atoms with E-state index in [0.717, 1.165) is 24.8 Å². The molecule has 0 amide bonds. The lowest BCUT2D eigenvalue weighted by atomic mass is 9.66. The molecule has 0 saturated heterocycles. The van der Waals surface area contributed by atoms with Crippen LogP contribution in [0.3, 0.4) is 0 Å². The monoisotopic (exact) mass is 238 g/mol. The first-order valence-corrected chi connectivity index (χ1v) is 6.88. The molecule has 2 rings (SSSR count). The van der Waals surface area contributed by atoms with Gasteiger partial charge in [-0.2, -0.15) is 0 Å². The summed E-state index contributed by atoms with van der Waals surface area (Å²) in [6.07, 6.45) is 7.68. The molecule has 2 fully saturated rings. The van der Waals surface area contributed by atoms with Gasteiger partial charge < -0.3 is 10.2 Å². The molecule has 0 radical (unpaired) electrons. The molecule has 0 aromatic carbocycles. The molecule has 2 heteroatoms. The zero-order chi connectivity index (χ0) is 12.7. The van der Waals surface area contributed by atoms with E-state index in [1.807, 2.05) is 6.92 Å². The fourth-order valence-corrected chi connectivity index (χ4v) is 4.17. The zero-order valence-corrected chi connectivity index (χ0v) is 11.4. The summed E-state index contributed by atoms with van der Waals surface area (Å²) in [5.74, 6) is 0.699. The third-order valence-corrected chi connectivity index (χ3v) is 5.87. The van der Waals surface area contributed by atoms with Crippen LogP contribution in [0, 0.1) is 16.7 Å². The Morgan fingerprint density at radius 3 is 2.59 bits per heavy atom. The number of aliphatic hydroxyl groups is 2. The summed E-state index contributed by atoms with van der Waals surface area (Å²) in [6, 6.07) is 0. The van der Waals surface area contributed by atoms with Gasteiger partial charge in [-0.05, 0) is 55.8 Å². The van der Waals surface area contributed by atoms with Crippen molar-refractivity contribution in [3.63, 3.8) is 0 Å². The van der Waals surface area contributed by atoms with Crippen LogP contribution >= 0.6 is 0 Å². The maximum absolute atomic E-state index is 10.2. The minimum absolute atomic E-state index is 0.103. The molecule has 2 nitrogen and oxygen atoms in total. The number of hydrogen-bond acceptors (Lipinski definition) is 2. The fraction of sp³-hybridized carbons (Fsp3) is 0.867. The number of allylic oxidation sites excluding steroid dienone is 1. The molecule has 1 unspecified atom stereocenters. The van der Waals surface area contributed by atoms with E-state index in [4.69, 9.17) is 5.11 Å². The molecule has 0 aliphatic heterocycles. The third-order valence-electron chi connectivity index (χ3n) is 5.87. The quantitative estimate of drug-likeness (QED) is 0.739. The van der Waals surface area contributed by atoms with E-state index >= 15 is 0 Å². The zero-order valence-electron chi connectivity index (χ0n) is 11.4. The highest BCUT2D eigenvalue weighted by atomic mass is 16.3. The Labute approximate surface area is 105 Å². The van der Waals surface area contributed by atoms with Crippen LogP contribution in [0.15, 0.2) is 11.6 Å². The highest BCUT2D eigenvalue weighted by Crippen LogP contribution is 2.67. The van der Waals surface area contributed by atoms with Gasteiger partial charge in [-0.3, -0.25) is 0 Å². The molecule has 17 heavy (non-hydrogen) atoms. The van der Waals surface area contributed by atoms with Gasteiger partial charge in [0.15, 0.2) is 0 Å². The van der Waals surface area contributed by atoms with Crippen LogP contribution in [0.1, 0.15) is 52.9 Å². The van der Waals surface area contributed by atoms with E-state index in [-0.39, 0.29) is 18.1 Å². The van der Waals surface area contributed by atoms with E-state index in [9.17, 15) is 5.11 Å². The first-order chi connectivity index (χ1) is 7.94. The third kappa shape index (κ3) is 1.86. The standard InChI is InChI=1S/C15H26O2/c1-11(10-16)5-4-7-14(2)12-6-8-15(14,3)13(17)9-12/h5,12-13,16-17H,4,6-10H2,1-3H3/b11-5-/t12-,13+,14?,15+/m0/s1. The van der Waals surface area contributed by atoms with Crippen molar-refractivity contribution >= 4 is 0 Å². The van der Waals surface area contributed by atoms with Gasteiger partial charge in [0.25, 0.3) is 0 Å². The van der Waals surface area contributed by atoms with Crippen molar-refractivity contribution in [2.45, 2.75) is 59.0 Å². The first-order valence-electron chi connectivity index (χ1n) is 6.88. The number of aliphatic hydroxyl groups excluding tert-OH is 2. The van der Waals surface area contributed by atoms with Crippen molar-refractivity contribution in [3.05, 3.63) is 11.6 Å². The summed E-state index contributed by atoms with van der Waals surface area (Å²) < 4.78 is 0. The van der Waals surface area contributed by atoms with Gasteiger partial charge in [0, 0.05) is 0 Å². The lowest BCUT2D eigenvalue weighted by Gasteiger charge is -2.40. The fourth-order valence-electron chi connectivity index (χ4n) is 4.17. The van der Waals surface area contributed by atoms with Crippen LogP contribution in [0.25, 0.3) is 0 Å². The second-order valence-corrected chi connectivity index (χ2v) is 6.57. The summed E-state index contributed by atoms with van der Waals surface area (Å²) >= 11 is 0. The Hall–Kier alpha value is -0.340. The van der Waals surface area contributed by atoms with Crippen molar-refractivity contribution in [1.29, 1.82) is 0 Å². The molecular formula is C15H26O2. The molecule has 2 N–H and O–H groups in total. The van der Waals surface area contributed by atoms with Crippen molar-refractivity contribution in [1.82, 2.24) is 0 Å². The van der Waals surface area contributed by atoms with Crippen molar-refractivity contribution in [3.8, 4) is 0 Å². The SMILES string of the molecule is C/C(=C/CCC1(C)[C@H]2CC[C@]1(C)[C@H](O)C2)CO. The average molecular weight is 238 g/mol. The molecule has 2 aliphatic carbocycles. The van der Waals surface area contributed by atoms with Gasteiger partial charge in [-0.15, -0.1) is 0 Å². The molecule has 2 bridgehead atoms. The van der Waals surface area contributed by atoms with Crippen LogP contribution in [-0.4, -0.2) is 22.9 Å². The topological polar surface area (TPSA) is 40.5 Å². The molecule has 0 spiro atoms. The summed E-state index contributed by atoms with van der Waals surface area (Å²) in [5.41, 5.74) is 1.47. The normalized spacial score (nSPS) is 45.6. The Balaban J connectivity index is 2.05. The summed E-state index contributed by atoms with van der Waals surface area (Å²) in [5, 5.41) is 19.2. The van der Waals surface area contributed by atoms with Gasteiger partial charge in [-0.25, -0.2) is 0 Å². The van der Waals surface area contributed by atoms with Gasteiger partial charge >= 0.3 is 0 Å². The predicted molar refractivity (Wildman–Crippen MR) is 69.6 cm³/mol. The van der Waals surface area contributed by atoms with E-state index in [2.05, 4.69) is 19.9 Å². The van der Waals surface area contributed by atoms with E-state index in [1.54, 1.807) is 0 Å². The second-order valence-electron chi connectivity index (χ2n) is 6.57. The van der Waals surface area contributed by atoms with Crippen molar-refractivity contribution in [2.24, 2.45) is 16.7 Å². The number of rotatable bonds is 4. The van der Waals surface area contributed by atoms with Crippen LogP contribution in [0.2, 0.25) is 0 Å². The predicted octanol–water partition coefficient (Wildman–Crippen LogP) is 2.89. The van der Waals surface area contributed by atoms with Gasteiger partial charge in [0.1, 0.15) is 0 Å². The van der Waals surface area contributed by atoms with Crippen LogP contribution in [0.5, 0.6) is 0 Å². The molecule has 98 valence electrons. The smallest absolute Gasteiger partial charge is 0.0639 e. The van der Waals surface area contributed by atoms with E-state index in [0.29, 0.717) is 11.3 Å². The molecule has 0 heterocycles. The average Bonchev–Trinajstić information content (AvgIpc) is 2.64. The highest BCUT2D eigenvalue weighted by Gasteiger charge is 2.62. The maximum atomic E-state index is 10.2. The lowest BCUT2D eigenvalue weighted by molar-refractivity contribution is 0.00199. The summed E-state index contributed by atoms with van der Waals surface area (Å²) in [4.78, 5) is 0. The molecule has 2 aliphatic rings. The Morgan fingerprint density at radius 2 is 2.12 bits per heavy atom. The molecule has 0 aromatic heterocycles. The van der Waals surface area contributed by atoms with Crippen molar-refractivity contribution in [2.75, 3.05) is 6.61 Å². The lowest BCUT2D eigenvalue weighted by Crippen LogP contribution is -2.37. The molecule has 4 atom stereocenters. The van der Waals surface area contributed by atoms with Crippen LogP contribution < -0.4 is 0 Å². The Bertz CT molecular complexity index is 323. The number of fused-ring (bicyclic) bond motifs is 2. The van der Waals surface area contributed by atoms with E-state index < -0.39 is 0 Å². The molecular weight excluding hydrogens is 212 g/mol. The van der Waals surface area contributed by atoms with Crippen molar-refractivity contribution < 1.29 is 10.2 Å². The van der Waals surface area contributed by atoms with Crippen LogP contribution in [0.4, 0.5) is 0 Å². The van der Waals surface area contributed by atoms with Crippen LogP contribution in [-0.2, 0) is 0 Å². The molecule has 0 aromatic rings. The minimum atomic E-state index is -0.103. The Kier molecular flexibility index (Phi) is 3.39. The maximum Gasteiger partial charge on any atom is 0.0639 e. The largest absolute Gasteiger partial charge is 0.393 e. The summed E-state index contributed by atoms with van der Waals surface area (Å²) in [6.45, 7) is 6.78. The highest BCUT2D eigenvalue weighted by molar-refractivity contribution is 5.13. The second kappa shape index (κ2) is 4.40. The van der Waals surface area contributed by atoms with Gasteiger partial charge in [-0.1, -0.05) is 25.5 Å². The summed E-state index contributed by atoms with van der Waals surface area (Å²) in [7, 11) is 0.